The van der Waals surface area contributed by atoms with Crippen molar-refractivity contribution >= 4 is 22.9 Å². The second-order valence-corrected chi connectivity index (χ2v) is 5.45. The predicted octanol–water partition coefficient (Wildman–Crippen LogP) is 4.65. The Kier molecular flexibility index (Phi) is 4.71. The first-order valence-corrected chi connectivity index (χ1v) is 7.98. The van der Waals surface area contributed by atoms with Crippen LogP contribution in [0.3, 0.4) is 0 Å². The highest BCUT2D eigenvalue weighted by Gasteiger charge is 2.15. The first-order valence-electron chi connectivity index (χ1n) is 7.98. The number of benzene rings is 2. The molecule has 0 saturated heterocycles. The molecule has 3 rings (SSSR count). The third kappa shape index (κ3) is 3.06. The second-order valence-electron chi connectivity index (χ2n) is 5.45. The van der Waals surface area contributed by atoms with Crippen molar-refractivity contribution in [1.82, 2.24) is 4.98 Å². The van der Waals surface area contributed by atoms with Crippen molar-refractivity contribution in [1.29, 1.82) is 0 Å². The van der Waals surface area contributed by atoms with Crippen molar-refractivity contribution in [3.63, 3.8) is 0 Å². The van der Waals surface area contributed by atoms with E-state index in [0.717, 1.165) is 33.2 Å². The highest BCUT2D eigenvalue weighted by atomic mass is 16.5. The van der Waals surface area contributed by atoms with E-state index in [-0.39, 0.29) is 12.4 Å². The topological polar surface area (TPSA) is 39.2 Å². The Morgan fingerprint density at radius 1 is 1.17 bits per heavy atom. The van der Waals surface area contributed by atoms with Crippen molar-refractivity contribution in [2.24, 2.45) is 0 Å². The number of rotatable bonds is 5. The summed E-state index contributed by atoms with van der Waals surface area (Å²) in [7, 11) is 0. The van der Waals surface area contributed by atoms with E-state index < -0.39 is 0 Å². The zero-order chi connectivity index (χ0) is 16.9. The maximum Gasteiger partial charge on any atom is 0.310 e. The number of hydrogen-bond acceptors (Lipinski definition) is 3. The molecule has 0 radical (unpaired) electrons. The minimum absolute atomic E-state index is 0.208. The molecule has 3 aromatic rings. The lowest BCUT2D eigenvalue weighted by Crippen LogP contribution is -2.09. The largest absolute Gasteiger partial charge is 0.466 e. The molecule has 0 aliphatic carbocycles. The van der Waals surface area contributed by atoms with Crippen LogP contribution in [0, 0.1) is 0 Å². The van der Waals surface area contributed by atoms with Crippen LogP contribution < -0.4 is 0 Å². The van der Waals surface area contributed by atoms with Gasteiger partial charge in [0, 0.05) is 17.1 Å². The Balaban J connectivity index is 2.24. The fraction of sp³-hybridized carbons (Fsp3) is 0.143. The number of carbonyl (C=O) groups is 1. The zero-order valence-corrected chi connectivity index (χ0v) is 13.7. The van der Waals surface area contributed by atoms with Crippen LogP contribution in [0.25, 0.3) is 28.1 Å². The molecule has 120 valence electrons. The molecule has 0 unspecified atom stereocenters. The number of aromatic nitrogens is 1. The second kappa shape index (κ2) is 7.09. The van der Waals surface area contributed by atoms with E-state index in [1.807, 2.05) is 55.5 Å². The summed E-state index contributed by atoms with van der Waals surface area (Å²) in [6.07, 6.45) is 3.78. The van der Waals surface area contributed by atoms with Gasteiger partial charge in [0.05, 0.1) is 18.5 Å². The number of nitrogens with zero attached hydrogens (tertiary/aromatic N) is 1. The molecule has 1 heterocycles. The predicted molar refractivity (Wildman–Crippen MR) is 97.6 cm³/mol. The Bertz CT molecular complexity index is 885. The molecule has 0 amide bonds. The fourth-order valence-electron chi connectivity index (χ4n) is 2.90. The summed E-state index contributed by atoms with van der Waals surface area (Å²) in [5.41, 5.74) is 4.82. The Hall–Kier alpha value is -2.94. The number of para-hydroxylation sites is 1. The highest BCUT2D eigenvalue weighted by molar-refractivity contribution is 6.00. The van der Waals surface area contributed by atoms with Gasteiger partial charge in [0.1, 0.15) is 0 Å². The van der Waals surface area contributed by atoms with E-state index in [9.17, 15) is 4.79 Å². The van der Waals surface area contributed by atoms with Crippen molar-refractivity contribution < 1.29 is 9.53 Å². The van der Waals surface area contributed by atoms with Crippen LogP contribution in [0.5, 0.6) is 0 Å². The monoisotopic (exact) mass is 317 g/mol. The Morgan fingerprint density at radius 2 is 1.96 bits per heavy atom. The van der Waals surface area contributed by atoms with E-state index in [0.29, 0.717) is 6.61 Å². The summed E-state index contributed by atoms with van der Waals surface area (Å²) in [5, 5.41) is 1.01. The number of hydrogen-bond donors (Lipinski definition) is 0. The third-order valence-electron chi connectivity index (χ3n) is 3.93. The number of esters is 1. The number of ether oxygens (including phenoxy) is 1. The number of pyridine rings is 1. The van der Waals surface area contributed by atoms with Gasteiger partial charge < -0.3 is 4.74 Å². The van der Waals surface area contributed by atoms with E-state index >= 15 is 0 Å². The van der Waals surface area contributed by atoms with Gasteiger partial charge in [-0.05, 0) is 23.6 Å². The normalized spacial score (nSPS) is 10.5. The van der Waals surface area contributed by atoms with Crippen LogP contribution in [-0.2, 0) is 16.0 Å². The van der Waals surface area contributed by atoms with Crippen LogP contribution in [0.1, 0.15) is 18.1 Å². The lowest BCUT2D eigenvalue weighted by atomic mass is 9.93. The first kappa shape index (κ1) is 15.9. The van der Waals surface area contributed by atoms with Gasteiger partial charge in [-0.3, -0.25) is 9.78 Å². The van der Waals surface area contributed by atoms with Crippen LogP contribution >= 0.6 is 0 Å². The molecular formula is C21H19NO2. The maximum atomic E-state index is 12.0. The van der Waals surface area contributed by atoms with Gasteiger partial charge in [-0.1, -0.05) is 61.2 Å². The summed E-state index contributed by atoms with van der Waals surface area (Å²) in [6, 6.07) is 16.1. The van der Waals surface area contributed by atoms with Gasteiger partial charge in [0.2, 0.25) is 0 Å². The molecule has 0 N–H and O–H groups in total. The molecule has 0 atom stereocenters. The molecule has 0 fully saturated rings. The molecule has 0 aliphatic heterocycles. The van der Waals surface area contributed by atoms with Crippen molar-refractivity contribution in [2.45, 2.75) is 13.3 Å². The van der Waals surface area contributed by atoms with Crippen LogP contribution in [-0.4, -0.2) is 17.6 Å². The molecular weight excluding hydrogens is 298 g/mol. The van der Waals surface area contributed by atoms with Gasteiger partial charge in [0.15, 0.2) is 0 Å². The van der Waals surface area contributed by atoms with E-state index in [4.69, 9.17) is 4.74 Å². The highest BCUT2D eigenvalue weighted by Crippen LogP contribution is 2.33. The average molecular weight is 317 g/mol. The van der Waals surface area contributed by atoms with Crippen LogP contribution in [0.4, 0.5) is 0 Å². The van der Waals surface area contributed by atoms with E-state index in [1.54, 1.807) is 12.3 Å². The SMILES string of the molecule is C=Cc1cccc2c(-c3ccccc3)c(CC(=O)OCC)cnc12. The minimum atomic E-state index is -0.240. The molecule has 24 heavy (non-hydrogen) atoms. The molecule has 1 aromatic heterocycles. The van der Waals surface area contributed by atoms with Gasteiger partial charge in [-0.25, -0.2) is 0 Å². The van der Waals surface area contributed by atoms with Gasteiger partial charge >= 0.3 is 5.97 Å². The number of carbonyl (C=O) groups excluding carboxylic acids is 1. The minimum Gasteiger partial charge on any atom is -0.466 e. The van der Waals surface area contributed by atoms with E-state index in [2.05, 4.69) is 11.6 Å². The van der Waals surface area contributed by atoms with Crippen LogP contribution in [0.15, 0.2) is 61.3 Å². The van der Waals surface area contributed by atoms with Gasteiger partial charge in [-0.15, -0.1) is 0 Å². The Labute approximate surface area is 141 Å². The lowest BCUT2D eigenvalue weighted by Gasteiger charge is -2.14. The quantitative estimate of drug-likeness (QED) is 0.643. The average Bonchev–Trinajstić information content (AvgIpc) is 2.61. The standard InChI is InChI=1S/C21H19NO2/c1-3-15-11-8-12-18-20(16-9-6-5-7-10-16)17(14-22-21(15)18)13-19(23)24-4-2/h3,5-12,14H,1,4,13H2,2H3. The summed E-state index contributed by atoms with van der Waals surface area (Å²) in [4.78, 5) is 16.6. The molecule has 2 aromatic carbocycles. The lowest BCUT2D eigenvalue weighted by molar-refractivity contribution is -0.142. The first-order chi connectivity index (χ1) is 11.7. The zero-order valence-electron chi connectivity index (χ0n) is 13.7. The number of fused-ring (bicyclic) bond motifs is 1. The molecule has 3 nitrogen and oxygen atoms in total. The molecule has 3 heteroatoms. The Morgan fingerprint density at radius 3 is 2.67 bits per heavy atom. The summed E-state index contributed by atoms with van der Waals surface area (Å²) in [5.74, 6) is -0.240. The van der Waals surface area contributed by atoms with Gasteiger partial charge in [0.25, 0.3) is 0 Å². The van der Waals surface area contributed by atoms with Crippen molar-refractivity contribution in [3.8, 4) is 11.1 Å². The van der Waals surface area contributed by atoms with E-state index in [1.165, 1.54) is 0 Å². The molecule has 0 spiro atoms. The molecule has 0 saturated carbocycles. The fourth-order valence-corrected chi connectivity index (χ4v) is 2.90. The molecule has 0 bridgehead atoms. The van der Waals surface area contributed by atoms with Gasteiger partial charge in [-0.2, -0.15) is 0 Å². The summed E-state index contributed by atoms with van der Waals surface area (Å²) in [6.45, 7) is 6.05. The maximum absolute atomic E-state index is 12.0. The summed E-state index contributed by atoms with van der Waals surface area (Å²) < 4.78 is 5.11. The van der Waals surface area contributed by atoms with Crippen molar-refractivity contribution in [2.75, 3.05) is 6.61 Å². The van der Waals surface area contributed by atoms with Crippen molar-refractivity contribution in [3.05, 3.63) is 72.4 Å². The van der Waals surface area contributed by atoms with Crippen LogP contribution in [0.2, 0.25) is 0 Å². The molecule has 0 aliphatic rings. The smallest absolute Gasteiger partial charge is 0.310 e. The summed E-state index contributed by atoms with van der Waals surface area (Å²) >= 11 is 0. The third-order valence-corrected chi connectivity index (χ3v) is 3.93.